The fourth-order valence-corrected chi connectivity index (χ4v) is 4.44. The maximum absolute atomic E-state index is 12.6. The lowest BCUT2D eigenvalue weighted by molar-refractivity contribution is -0.137. The van der Waals surface area contributed by atoms with E-state index in [1.54, 1.807) is 4.90 Å². The van der Waals surface area contributed by atoms with E-state index < -0.39 is 21.8 Å². The molecule has 1 amide bonds. The summed E-state index contributed by atoms with van der Waals surface area (Å²) in [5.74, 6) is 0.513. The molecule has 3 rings (SSSR count). The number of piperazine rings is 1. The van der Waals surface area contributed by atoms with Crippen LogP contribution in [0.5, 0.6) is 0 Å². The van der Waals surface area contributed by atoms with Crippen molar-refractivity contribution in [2.45, 2.75) is 24.4 Å². The van der Waals surface area contributed by atoms with Gasteiger partial charge in [-0.3, -0.25) is 4.79 Å². The molecule has 1 saturated heterocycles. The molecule has 9 heteroatoms. The molecule has 1 aromatic rings. The van der Waals surface area contributed by atoms with E-state index in [1.807, 2.05) is 6.92 Å². The first-order valence-electron chi connectivity index (χ1n) is 8.07. The molecule has 2 fully saturated rings. The van der Waals surface area contributed by atoms with Gasteiger partial charge in [0.15, 0.2) is 0 Å². The number of benzene rings is 1. The second-order valence-electron chi connectivity index (χ2n) is 6.57. The summed E-state index contributed by atoms with van der Waals surface area (Å²) in [5.41, 5.74) is -0.889. The monoisotopic (exact) mass is 376 g/mol. The summed E-state index contributed by atoms with van der Waals surface area (Å²) < 4.78 is 64.1. The molecule has 0 unspecified atom stereocenters. The second kappa shape index (κ2) is 6.28. The van der Waals surface area contributed by atoms with Crippen LogP contribution in [-0.4, -0.2) is 49.7 Å². The maximum atomic E-state index is 12.6. The van der Waals surface area contributed by atoms with Crippen LogP contribution < -0.4 is 0 Å². The molecule has 2 atom stereocenters. The molecule has 1 aromatic carbocycles. The van der Waals surface area contributed by atoms with Crippen molar-refractivity contribution in [2.24, 2.45) is 11.8 Å². The van der Waals surface area contributed by atoms with Gasteiger partial charge in [0.25, 0.3) is 0 Å². The van der Waals surface area contributed by atoms with Crippen LogP contribution in [-0.2, 0) is 21.0 Å². The standard InChI is InChI=1S/C16H19F3N2O3S/c1-11-10-14(11)15(22)20-6-8-21(9-7-20)25(23,24)13-4-2-12(3-5-13)16(17,18)19/h2-5,11,14H,6-10H2,1H3/t11-,14-/m0/s1. The van der Waals surface area contributed by atoms with Crippen LogP contribution in [0.3, 0.4) is 0 Å². The van der Waals surface area contributed by atoms with E-state index in [0.29, 0.717) is 19.0 Å². The van der Waals surface area contributed by atoms with E-state index >= 15 is 0 Å². The molecule has 1 heterocycles. The highest BCUT2D eigenvalue weighted by Crippen LogP contribution is 2.39. The Morgan fingerprint density at radius 3 is 2.04 bits per heavy atom. The smallest absolute Gasteiger partial charge is 0.340 e. The molecule has 0 N–H and O–H groups in total. The first-order chi connectivity index (χ1) is 11.6. The Morgan fingerprint density at radius 2 is 1.60 bits per heavy atom. The van der Waals surface area contributed by atoms with Gasteiger partial charge in [-0.25, -0.2) is 8.42 Å². The summed E-state index contributed by atoms with van der Waals surface area (Å²) in [6.45, 7) is 2.92. The molecular weight excluding hydrogens is 357 g/mol. The van der Waals surface area contributed by atoms with Crippen LogP contribution >= 0.6 is 0 Å². The number of carbonyl (C=O) groups excluding carboxylic acids is 1. The first kappa shape index (κ1) is 18.2. The highest BCUT2D eigenvalue weighted by atomic mass is 32.2. The van der Waals surface area contributed by atoms with Crippen molar-refractivity contribution >= 4 is 15.9 Å². The molecule has 0 spiro atoms. The minimum absolute atomic E-state index is 0.0538. The summed E-state index contributed by atoms with van der Waals surface area (Å²) in [5, 5.41) is 0. The minimum Gasteiger partial charge on any atom is -0.340 e. The Hall–Kier alpha value is -1.61. The summed E-state index contributed by atoms with van der Waals surface area (Å²) in [4.78, 5) is 13.7. The van der Waals surface area contributed by atoms with Crippen molar-refractivity contribution in [3.05, 3.63) is 29.8 Å². The van der Waals surface area contributed by atoms with Crippen molar-refractivity contribution in [3.8, 4) is 0 Å². The Kier molecular flexibility index (Phi) is 4.57. The lowest BCUT2D eigenvalue weighted by Gasteiger charge is -2.34. The van der Waals surface area contributed by atoms with Crippen LogP contribution in [0.15, 0.2) is 29.2 Å². The quantitative estimate of drug-likeness (QED) is 0.813. The fraction of sp³-hybridized carbons (Fsp3) is 0.562. The zero-order chi connectivity index (χ0) is 18.4. The van der Waals surface area contributed by atoms with Gasteiger partial charge in [0.2, 0.25) is 15.9 Å². The van der Waals surface area contributed by atoms with Crippen LogP contribution in [0.25, 0.3) is 0 Å². The van der Waals surface area contributed by atoms with Gasteiger partial charge < -0.3 is 4.90 Å². The second-order valence-corrected chi connectivity index (χ2v) is 8.51. The third-order valence-electron chi connectivity index (χ3n) is 4.80. The van der Waals surface area contributed by atoms with E-state index in [4.69, 9.17) is 0 Å². The Labute approximate surface area is 144 Å². The average Bonchev–Trinajstić information content (AvgIpc) is 3.30. The third-order valence-corrected chi connectivity index (χ3v) is 6.71. The summed E-state index contributed by atoms with van der Waals surface area (Å²) >= 11 is 0. The van der Waals surface area contributed by atoms with Gasteiger partial charge >= 0.3 is 6.18 Å². The van der Waals surface area contributed by atoms with Crippen molar-refractivity contribution in [1.82, 2.24) is 9.21 Å². The number of carbonyl (C=O) groups is 1. The highest BCUT2D eigenvalue weighted by molar-refractivity contribution is 7.89. The summed E-state index contributed by atoms with van der Waals surface area (Å²) in [6, 6.07) is 3.48. The van der Waals surface area contributed by atoms with Gasteiger partial charge in [0, 0.05) is 32.1 Å². The normalized spacial score (nSPS) is 25.0. The van der Waals surface area contributed by atoms with Gasteiger partial charge in [0.05, 0.1) is 10.5 Å². The van der Waals surface area contributed by atoms with Gasteiger partial charge in [-0.2, -0.15) is 17.5 Å². The summed E-state index contributed by atoms with van der Waals surface area (Å²) in [6.07, 6.45) is -3.63. The number of rotatable bonds is 3. The molecule has 1 aliphatic carbocycles. The zero-order valence-corrected chi connectivity index (χ0v) is 14.5. The van der Waals surface area contributed by atoms with Crippen molar-refractivity contribution in [2.75, 3.05) is 26.2 Å². The lowest BCUT2D eigenvalue weighted by Crippen LogP contribution is -2.51. The molecule has 0 bridgehead atoms. The van der Waals surface area contributed by atoms with Gasteiger partial charge in [-0.05, 0) is 36.6 Å². The van der Waals surface area contributed by atoms with Gasteiger partial charge in [-0.15, -0.1) is 0 Å². The van der Waals surface area contributed by atoms with E-state index in [9.17, 15) is 26.4 Å². The molecule has 2 aliphatic rings. The number of hydrogen-bond acceptors (Lipinski definition) is 3. The molecule has 0 aromatic heterocycles. The van der Waals surface area contributed by atoms with E-state index in [0.717, 1.165) is 30.7 Å². The van der Waals surface area contributed by atoms with Crippen LogP contribution in [0.4, 0.5) is 13.2 Å². The number of sulfonamides is 1. The Morgan fingerprint density at radius 1 is 1.08 bits per heavy atom. The lowest BCUT2D eigenvalue weighted by atomic mass is 10.2. The minimum atomic E-state index is -4.51. The van der Waals surface area contributed by atoms with Crippen molar-refractivity contribution < 1.29 is 26.4 Å². The molecule has 0 radical (unpaired) electrons. The topological polar surface area (TPSA) is 57.7 Å². The van der Waals surface area contributed by atoms with E-state index in [2.05, 4.69) is 0 Å². The Bertz CT molecular complexity index is 754. The van der Waals surface area contributed by atoms with Crippen LogP contribution in [0.1, 0.15) is 18.9 Å². The van der Waals surface area contributed by atoms with E-state index in [-0.39, 0.29) is 29.8 Å². The molecule has 1 aliphatic heterocycles. The van der Waals surface area contributed by atoms with E-state index in [1.165, 1.54) is 4.31 Å². The maximum Gasteiger partial charge on any atom is 0.416 e. The molecule has 25 heavy (non-hydrogen) atoms. The van der Waals surface area contributed by atoms with Crippen LogP contribution in [0, 0.1) is 11.8 Å². The number of nitrogens with zero attached hydrogens (tertiary/aromatic N) is 2. The van der Waals surface area contributed by atoms with Crippen molar-refractivity contribution in [1.29, 1.82) is 0 Å². The predicted octanol–water partition coefficient (Wildman–Crippen LogP) is 2.19. The first-order valence-corrected chi connectivity index (χ1v) is 9.51. The summed E-state index contributed by atoms with van der Waals surface area (Å²) in [7, 11) is -3.86. The van der Waals surface area contributed by atoms with Crippen LogP contribution in [0.2, 0.25) is 0 Å². The number of amides is 1. The van der Waals surface area contributed by atoms with Gasteiger partial charge in [-0.1, -0.05) is 6.92 Å². The molecular formula is C16H19F3N2O3S. The number of hydrogen-bond donors (Lipinski definition) is 0. The zero-order valence-electron chi connectivity index (χ0n) is 13.7. The third kappa shape index (κ3) is 3.67. The highest BCUT2D eigenvalue weighted by Gasteiger charge is 2.42. The average molecular weight is 376 g/mol. The predicted molar refractivity (Wildman–Crippen MR) is 84.1 cm³/mol. The molecule has 5 nitrogen and oxygen atoms in total. The van der Waals surface area contributed by atoms with Crippen molar-refractivity contribution in [3.63, 3.8) is 0 Å². The molecule has 1 saturated carbocycles. The number of halogens is 3. The number of alkyl halides is 3. The largest absolute Gasteiger partial charge is 0.416 e. The SMILES string of the molecule is C[C@H]1C[C@@H]1C(=O)N1CCN(S(=O)(=O)c2ccc(C(F)(F)F)cc2)CC1. The molecule has 138 valence electrons. The van der Waals surface area contributed by atoms with Gasteiger partial charge in [0.1, 0.15) is 0 Å². The fourth-order valence-electron chi connectivity index (χ4n) is 3.01. The Balaban J connectivity index is 1.66.